The second kappa shape index (κ2) is 14.2. The lowest BCUT2D eigenvalue weighted by molar-refractivity contribution is 0.668. The predicted octanol–water partition coefficient (Wildman–Crippen LogP) is 17.6. The fraction of sp³-hybridized carbons (Fsp3) is 0. The molecule has 0 saturated heterocycles. The summed E-state index contributed by atoms with van der Waals surface area (Å²) in [5.74, 6) is 0. The van der Waals surface area contributed by atoms with E-state index in [1.807, 2.05) is 23.5 Å². The number of thiophene rings is 1. The van der Waals surface area contributed by atoms with Gasteiger partial charge in [-0.1, -0.05) is 97.1 Å². The molecule has 0 spiro atoms. The van der Waals surface area contributed by atoms with Crippen LogP contribution >= 0.6 is 11.3 Å². The van der Waals surface area contributed by atoms with Crippen LogP contribution in [0.4, 0.5) is 34.1 Å². The average molecular weight is 825 g/mol. The third-order valence-corrected chi connectivity index (χ3v) is 13.5. The Labute approximate surface area is 366 Å². The van der Waals surface area contributed by atoms with Crippen molar-refractivity contribution in [1.82, 2.24) is 0 Å². The summed E-state index contributed by atoms with van der Waals surface area (Å²) >= 11 is 1.85. The highest BCUT2D eigenvalue weighted by Gasteiger charge is 2.19. The van der Waals surface area contributed by atoms with Crippen molar-refractivity contribution in [3.8, 4) is 11.1 Å². The minimum atomic E-state index is 0.846. The van der Waals surface area contributed by atoms with Crippen LogP contribution < -0.4 is 9.80 Å². The lowest BCUT2D eigenvalue weighted by Gasteiger charge is -2.26. The highest BCUT2D eigenvalue weighted by molar-refractivity contribution is 7.25. The van der Waals surface area contributed by atoms with E-state index < -0.39 is 0 Å². The fourth-order valence-electron chi connectivity index (χ4n) is 9.38. The second-order valence-electron chi connectivity index (χ2n) is 16.1. The van der Waals surface area contributed by atoms with Crippen molar-refractivity contribution in [2.75, 3.05) is 9.80 Å². The van der Waals surface area contributed by atoms with Gasteiger partial charge in [-0.05, 0) is 137 Å². The minimum absolute atomic E-state index is 0.846. The number of nitrogens with zero attached hydrogens (tertiary/aromatic N) is 2. The van der Waals surface area contributed by atoms with Gasteiger partial charge in [0.25, 0.3) is 0 Å². The quantitative estimate of drug-likeness (QED) is 0.160. The smallest absolute Gasteiger partial charge is 0.137 e. The number of fused-ring (bicyclic) bond motifs is 10. The first-order valence-corrected chi connectivity index (χ1v) is 22.0. The van der Waals surface area contributed by atoms with E-state index in [0.29, 0.717) is 0 Å². The summed E-state index contributed by atoms with van der Waals surface area (Å²) in [6, 6.07) is 78.0. The molecular weight excluding hydrogens is 789 g/mol. The van der Waals surface area contributed by atoms with Crippen LogP contribution in [0.5, 0.6) is 0 Å². The molecular formula is C58H36N2O2S. The molecule has 4 nitrogen and oxygen atoms in total. The summed E-state index contributed by atoms with van der Waals surface area (Å²) in [5, 5.41) is 9.28. The number of rotatable bonds is 7. The van der Waals surface area contributed by atoms with Crippen molar-refractivity contribution in [3.63, 3.8) is 0 Å². The molecule has 0 aliphatic carbocycles. The van der Waals surface area contributed by atoms with Crippen LogP contribution in [-0.4, -0.2) is 0 Å². The number of benzene rings is 10. The molecule has 3 aromatic heterocycles. The molecule has 13 aromatic rings. The maximum Gasteiger partial charge on any atom is 0.137 e. The highest BCUT2D eigenvalue weighted by atomic mass is 32.1. The van der Waals surface area contributed by atoms with Gasteiger partial charge in [0.1, 0.15) is 22.3 Å². The van der Waals surface area contributed by atoms with Gasteiger partial charge in [-0.3, -0.25) is 0 Å². The van der Waals surface area contributed by atoms with Crippen molar-refractivity contribution < 1.29 is 8.83 Å². The van der Waals surface area contributed by atoms with E-state index in [9.17, 15) is 0 Å². The molecule has 3 heterocycles. The summed E-state index contributed by atoms with van der Waals surface area (Å²) in [6.07, 6.45) is 0. The first kappa shape index (κ1) is 35.6. The van der Waals surface area contributed by atoms with E-state index >= 15 is 0 Å². The first-order valence-electron chi connectivity index (χ1n) is 21.2. The Morgan fingerprint density at radius 1 is 0.270 bits per heavy atom. The molecule has 0 fully saturated rings. The molecule has 13 rings (SSSR count). The molecule has 0 amide bonds. The predicted molar refractivity (Wildman–Crippen MR) is 266 cm³/mol. The Balaban J connectivity index is 0.855. The number of furan rings is 2. The Morgan fingerprint density at radius 3 is 1.60 bits per heavy atom. The number of hydrogen-bond acceptors (Lipinski definition) is 5. The third kappa shape index (κ3) is 5.97. The molecule has 0 N–H and O–H groups in total. The van der Waals surface area contributed by atoms with Gasteiger partial charge in [0, 0.05) is 81.9 Å². The molecule has 0 unspecified atom stereocenters. The zero-order valence-electron chi connectivity index (χ0n) is 33.9. The molecule has 5 heteroatoms. The zero-order chi connectivity index (χ0) is 41.4. The SMILES string of the molecule is c1ccc(N(c2ccc3c(c2)oc2cc4cc(-c5ccc(N(c6ccccc6)c6ccc7sc8ccccc8c7c6)cc5)ccc4cc23)c2ccc3oc4ccccc4c3c2)cc1. The van der Waals surface area contributed by atoms with Gasteiger partial charge >= 0.3 is 0 Å². The summed E-state index contributed by atoms with van der Waals surface area (Å²) in [7, 11) is 0. The average Bonchev–Trinajstić information content (AvgIpc) is 4.02. The topological polar surface area (TPSA) is 32.8 Å². The number of hydrogen-bond donors (Lipinski definition) is 0. The van der Waals surface area contributed by atoms with E-state index in [0.717, 1.165) is 94.5 Å². The van der Waals surface area contributed by atoms with Crippen LogP contribution in [0.1, 0.15) is 0 Å². The Kier molecular flexibility index (Phi) is 8.05. The van der Waals surface area contributed by atoms with E-state index in [1.54, 1.807) is 0 Å². The lowest BCUT2D eigenvalue weighted by Crippen LogP contribution is -2.09. The van der Waals surface area contributed by atoms with Crippen molar-refractivity contribution in [1.29, 1.82) is 0 Å². The zero-order valence-corrected chi connectivity index (χ0v) is 34.7. The Morgan fingerprint density at radius 2 is 0.794 bits per heavy atom. The normalized spacial score (nSPS) is 11.8. The molecule has 0 aliphatic heterocycles. The van der Waals surface area contributed by atoms with Crippen LogP contribution in [0, 0.1) is 0 Å². The van der Waals surface area contributed by atoms with Gasteiger partial charge in [0.2, 0.25) is 0 Å². The minimum Gasteiger partial charge on any atom is -0.456 e. The molecule has 0 bridgehead atoms. The number of para-hydroxylation sites is 3. The molecule has 296 valence electrons. The standard InChI is InChI=1S/C58H36N2O2S/c1-3-11-41(12-4-1)59(45-27-30-58-52(35-45)49-16-8-10-18-57(49)63-58)43-23-21-37(22-24-43)38-19-20-39-32-50-48-28-25-46(36-56(48)62-55(50)33-40(39)31-38)60(42-13-5-2-6-14-42)44-26-29-54-51(34-44)47-15-7-9-17-53(47)61-54/h1-36H. The third-order valence-electron chi connectivity index (χ3n) is 12.4. The lowest BCUT2D eigenvalue weighted by atomic mass is 9.99. The summed E-state index contributed by atoms with van der Waals surface area (Å²) in [6.45, 7) is 0. The van der Waals surface area contributed by atoms with Crippen molar-refractivity contribution in [2.24, 2.45) is 0 Å². The van der Waals surface area contributed by atoms with Gasteiger partial charge in [-0.15, -0.1) is 11.3 Å². The van der Waals surface area contributed by atoms with Crippen LogP contribution in [0.15, 0.2) is 227 Å². The molecule has 0 saturated carbocycles. The maximum absolute atomic E-state index is 6.71. The molecule has 10 aromatic carbocycles. The molecule has 0 atom stereocenters. The van der Waals surface area contributed by atoms with Gasteiger partial charge in [-0.25, -0.2) is 0 Å². The number of anilines is 6. The summed E-state index contributed by atoms with van der Waals surface area (Å²) in [5.41, 5.74) is 12.3. The summed E-state index contributed by atoms with van der Waals surface area (Å²) in [4.78, 5) is 4.63. The van der Waals surface area contributed by atoms with E-state index in [4.69, 9.17) is 8.83 Å². The van der Waals surface area contributed by atoms with Crippen LogP contribution in [0.2, 0.25) is 0 Å². The maximum atomic E-state index is 6.71. The van der Waals surface area contributed by atoms with Crippen LogP contribution in [0.3, 0.4) is 0 Å². The second-order valence-corrected chi connectivity index (χ2v) is 17.2. The largest absolute Gasteiger partial charge is 0.456 e. The van der Waals surface area contributed by atoms with Crippen LogP contribution in [-0.2, 0) is 0 Å². The van der Waals surface area contributed by atoms with Gasteiger partial charge in [-0.2, -0.15) is 0 Å². The van der Waals surface area contributed by atoms with Crippen molar-refractivity contribution in [2.45, 2.75) is 0 Å². The van der Waals surface area contributed by atoms with Crippen molar-refractivity contribution >= 4 is 120 Å². The fourth-order valence-corrected chi connectivity index (χ4v) is 10.5. The van der Waals surface area contributed by atoms with Gasteiger partial charge in [0.05, 0.1) is 0 Å². The first-order chi connectivity index (χ1) is 31.2. The molecule has 0 radical (unpaired) electrons. The molecule has 63 heavy (non-hydrogen) atoms. The van der Waals surface area contributed by atoms with E-state index in [-0.39, 0.29) is 0 Å². The van der Waals surface area contributed by atoms with E-state index in [2.05, 4.69) is 216 Å². The van der Waals surface area contributed by atoms with Gasteiger partial charge in [0.15, 0.2) is 0 Å². The molecule has 0 aliphatic rings. The monoisotopic (exact) mass is 824 g/mol. The highest BCUT2D eigenvalue weighted by Crippen LogP contribution is 2.43. The van der Waals surface area contributed by atoms with Crippen molar-refractivity contribution in [3.05, 3.63) is 218 Å². The van der Waals surface area contributed by atoms with Crippen LogP contribution in [0.25, 0.3) is 85.9 Å². The summed E-state index contributed by atoms with van der Waals surface area (Å²) < 4.78 is 15.5. The van der Waals surface area contributed by atoms with Gasteiger partial charge < -0.3 is 18.6 Å². The Bertz CT molecular complexity index is 3870. The Hall–Kier alpha value is -8.12. The van der Waals surface area contributed by atoms with E-state index in [1.165, 1.54) is 25.6 Å².